The fourth-order valence-electron chi connectivity index (χ4n) is 4.51. The van der Waals surface area contributed by atoms with Gasteiger partial charge in [0.1, 0.15) is 6.26 Å². The van der Waals surface area contributed by atoms with E-state index in [1.165, 1.54) is 6.26 Å². The minimum absolute atomic E-state index is 0.0199. The highest BCUT2D eigenvalue weighted by Gasteiger charge is 2.26. The molecule has 0 aliphatic carbocycles. The molecule has 0 spiro atoms. The van der Waals surface area contributed by atoms with Gasteiger partial charge in [-0.1, -0.05) is 30.3 Å². The Morgan fingerprint density at radius 3 is 2.53 bits per heavy atom. The maximum atomic E-state index is 13.5. The van der Waals surface area contributed by atoms with E-state index in [2.05, 4.69) is 10.3 Å². The van der Waals surface area contributed by atoms with Crippen molar-refractivity contribution >= 4 is 22.6 Å². The molecule has 34 heavy (non-hydrogen) atoms. The number of hydrogen-bond acceptors (Lipinski definition) is 6. The van der Waals surface area contributed by atoms with Crippen LogP contribution in [-0.4, -0.2) is 60.2 Å². The minimum atomic E-state index is -0.308. The SMILES string of the molecule is O=C(NCC1CCCO1)c1coc(CN(CC2CCCO2)C(=O)c2ccc3ccccc3c2)n1. The lowest BCUT2D eigenvalue weighted by molar-refractivity contribution is 0.0487. The van der Waals surface area contributed by atoms with Crippen molar-refractivity contribution in [1.29, 1.82) is 0 Å². The number of hydrogen-bond donors (Lipinski definition) is 1. The predicted molar refractivity (Wildman–Crippen MR) is 125 cm³/mol. The van der Waals surface area contributed by atoms with E-state index in [0.717, 1.165) is 43.1 Å². The zero-order valence-corrected chi connectivity index (χ0v) is 19.1. The van der Waals surface area contributed by atoms with Gasteiger partial charge < -0.3 is 24.1 Å². The molecule has 2 fully saturated rings. The quantitative estimate of drug-likeness (QED) is 0.549. The fraction of sp³-hybridized carbons (Fsp3) is 0.423. The Hall–Kier alpha value is -3.23. The summed E-state index contributed by atoms with van der Waals surface area (Å²) in [6.07, 6.45) is 5.22. The Bertz CT molecular complexity index is 1150. The number of fused-ring (bicyclic) bond motifs is 1. The van der Waals surface area contributed by atoms with Crippen LogP contribution in [-0.2, 0) is 16.0 Å². The lowest BCUT2D eigenvalue weighted by Gasteiger charge is -2.24. The maximum Gasteiger partial charge on any atom is 0.273 e. The Labute approximate surface area is 198 Å². The smallest absolute Gasteiger partial charge is 0.273 e. The van der Waals surface area contributed by atoms with Gasteiger partial charge in [0, 0.05) is 31.9 Å². The largest absolute Gasteiger partial charge is 0.446 e. The highest BCUT2D eigenvalue weighted by molar-refractivity contribution is 5.98. The van der Waals surface area contributed by atoms with Gasteiger partial charge in [0.25, 0.3) is 11.8 Å². The summed E-state index contributed by atoms with van der Waals surface area (Å²) >= 11 is 0. The molecule has 8 nitrogen and oxygen atoms in total. The van der Waals surface area contributed by atoms with Gasteiger partial charge in [-0.3, -0.25) is 9.59 Å². The molecule has 1 aromatic heterocycles. The highest BCUT2D eigenvalue weighted by Crippen LogP contribution is 2.20. The van der Waals surface area contributed by atoms with Crippen LogP contribution in [0.25, 0.3) is 10.8 Å². The molecule has 2 amide bonds. The van der Waals surface area contributed by atoms with Gasteiger partial charge >= 0.3 is 0 Å². The van der Waals surface area contributed by atoms with Crippen LogP contribution >= 0.6 is 0 Å². The van der Waals surface area contributed by atoms with Crippen molar-refractivity contribution in [3.8, 4) is 0 Å². The molecule has 3 heterocycles. The van der Waals surface area contributed by atoms with Crippen LogP contribution in [0.3, 0.4) is 0 Å². The van der Waals surface area contributed by atoms with Crippen molar-refractivity contribution in [2.24, 2.45) is 0 Å². The molecule has 3 aromatic rings. The molecule has 2 aliphatic rings. The van der Waals surface area contributed by atoms with Crippen LogP contribution in [0.5, 0.6) is 0 Å². The number of nitrogens with one attached hydrogen (secondary N) is 1. The summed E-state index contributed by atoms with van der Waals surface area (Å²) < 4.78 is 16.9. The number of nitrogens with zero attached hydrogens (tertiary/aromatic N) is 2. The van der Waals surface area contributed by atoms with Crippen molar-refractivity contribution in [3.05, 3.63) is 65.9 Å². The normalized spacial score (nSPS) is 20.0. The van der Waals surface area contributed by atoms with Crippen LogP contribution in [0.1, 0.15) is 52.4 Å². The zero-order valence-electron chi connectivity index (χ0n) is 19.1. The molecular weight excluding hydrogens is 434 g/mol. The predicted octanol–water partition coefficient (Wildman–Crippen LogP) is 3.56. The molecule has 2 saturated heterocycles. The molecular formula is C26H29N3O5. The second kappa shape index (κ2) is 10.4. The van der Waals surface area contributed by atoms with E-state index in [-0.39, 0.29) is 36.3 Å². The molecule has 8 heteroatoms. The average Bonchev–Trinajstić information content (AvgIpc) is 3.65. The number of benzene rings is 2. The third-order valence-electron chi connectivity index (χ3n) is 6.36. The van der Waals surface area contributed by atoms with Gasteiger partial charge in [-0.15, -0.1) is 0 Å². The van der Waals surface area contributed by atoms with E-state index < -0.39 is 0 Å². The van der Waals surface area contributed by atoms with Gasteiger partial charge in [0.15, 0.2) is 5.69 Å². The summed E-state index contributed by atoms with van der Waals surface area (Å²) in [7, 11) is 0. The molecule has 5 rings (SSSR count). The first-order chi connectivity index (χ1) is 16.7. The van der Waals surface area contributed by atoms with Crippen molar-refractivity contribution in [1.82, 2.24) is 15.2 Å². The van der Waals surface area contributed by atoms with E-state index in [9.17, 15) is 9.59 Å². The number of oxazole rings is 1. The first-order valence-corrected chi connectivity index (χ1v) is 11.9. The Morgan fingerprint density at radius 1 is 1.00 bits per heavy atom. The van der Waals surface area contributed by atoms with E-state index in [1.54, 1.807) is 4.90 Å². The van der Waals surface area contributed by atoms with Gasteiger partial charge in [-0.25, -0.2) is 4.98 Å². The van der Waals surface area contributed by atoms with Crippen LogP contribution < -0.4 is 5.32 Å². The van der Waals surface area contributed by atoms with Crippen LogP contribution in [0.15, 0.2) is 53.1 Å². The number of aromatic nitrogens is 1. The van der Waals surface area contributed by atoms with E-state index in [4.69, 9.17) is 13.9 Å². The number of carbonyl (C=O) groups is 2. The van der Waals surface area contributed by atoms with Crippen molar-refractivity contribution in [2.45, 2.75) is 44.4 Å². The molecule has 1 N–H and O–H groups in total. The van der Waals surface area contributed by atoms with Gasteiger partial charge in [0.05, 0.1) is 18.8 Å². The van der Waals surface area contributed by atoms with Gasteiger partial charge in [0.2, 0.25) is 5.89 Å². The molecule has 0 saturated carbocycles. The van der Waals surface area contributed by atoms with Crippen LogP contribution in [0, 0.1) is 0 Å². The third-order valence-corrected chi connectivity index (χ3v) is 6.36. The van der Waals surface area contributed by atoms with Gasteiger partial charge in [-0.05, 0) is 48.6 Å². The zero-order chi connectivity index (χ0) is 23.3. The lowest BCUT2D eigenvalue weighted by atomic mass is 10.1. The summed E-state index contributed by atoms with van der Waals surface area (Å²) in [6, 6.07) is 13.6. The van der Waals surface area contributed by atoms with E-state index >= 15 is 0 Å². The van der Waals surface area contributed by atoms with Crippen molar-refractivity contribution in [3.63, 3.8) is 0 Å². The molecule has 2 aliphatic heterocycles. The maximum absolute atomic E-state index is 13.5. The van der Waals surface area contributed by atoms with E-state index in [1.807, 2.05) is 42.5 Å². The average molecular weight is 464 g/mol. The Balaban J connectivity index is 1.29. The summed E-state index contributed by atoms with van der Waals surface area (Å²) in [5.74, 6) is -0.115. The second-order valence-electron chi connectivity index (χ2n) is 8.85. The summed E-state index contributed by atoms with van der Waals surface area (Å²) in [5.41, 5.74) is 0.793. The van der Waals surface area contributed by atoms with E-state index in [0.29, 0.717) is 31.2 Å². The van der Waals surface area contributed by atoms with Crippen molar-refractivity contribution in [2.75, 3.05) is 26.3 Å². The molecule has 2 aromatic carbocycles. The Morgan fingerprint density at radius 2 is 1.76 bits per heavy atom. The summed E-state index contributed by atoms with van der Waals surface area (Å²) in [6.45, 7) is 2.49. The third kappa shape index (κ3) is 5.29. The van der Waals surface area contributed by atoms with Gasteiger partial charge in [-0.2, -0.15) is 0 Å². The second-order valence-corrected chi connectivity index (χ2v) is 8.85. The summed E-state index contributed by atoms with van der Waals surface area (Å²) in [5, 5.41) is 4.93. The fourth-order valence-corrected chi connectivity index (χ4v) is 4.51. The number of rotatable bonds is 8. The molecule has 0 bridgehead atoms. The number of ether oxygens (including phenoxy) is 2. The molecule has 178 valence electrons. The van der Waals surface area contributed by atoms with Crippen molar-refractivity contribution < 1.29 is 23.5 Å². The monoisotopic (exact) mass is 463 g/mol. The molecule has 2 atom stereocenters. The summed E-state index contributed by atoms with van der Waals surface area (Å²) in [4.78, 5) is 32.0. The topological polar surface area (TPSA) is 93.9 Å². The standard InChI is InChI=1S/C26H29N3O5/c30-25(27-14-21-7-3-11-32-21)23-17-34-24(28-23)16-29(15-22-8-4-12-33-22)26(31)20-10-9-18-5-1-2-6-19(18)13-20/h1-2,5-6,9-10,13,17,21-22H,3-4,7-8,11-12,14-16H2,(H,27,30). The molecule has 0 radical (unpaired) electrons. The first kappa shape index (κ1) is 22.6. The number of carbonyl (C=O) groups excluding carboxylic acids is 2. The first-order valence-electron chi connectivity index (χ1n) is 11.9. The Kier molecular flexibility index (Phi) is 6.87. The molecule has 2 unspecified atom stereocenters. The lowest BCUT2D eigenvalue weighted by Crippen LogP contribution is -2.37. The van der Waals surface area contributed by atoms with Crippen LogP contribution in [0.2, 0.25) is 0 Å². The minimum Gasteiger partial charge on any atom is -0.446 e. The highest BCUT2D eigenvalue weighted by atomic mass is 16.5. The van der Waals surface area contributed by atoms with Crippen LogP contribution in [0.4, 0.5) is 0 Å². The number of amides is 2.